The Morgan fingerprint density at radius 1 is 0.476 bits per heavy atom. The van der Waals surface area contributed by atoms with Crippen LogP contribution < -0.4 is 10.6 Å². The van der Waals surface area contributed by atoms with Crippen molar-refractivity contribution < 1.29 is 66.9 Å². The number of anilines is 2. The van der Waals surface area contributed by atoms with Crippen LogP contribution in [0, 0.1) is 0 Å². The van der Waals surface area contributed by atoms with E-state index in [1.165, 1.54) is 0 Å². The van der Waals surface area contributed by atoms with Gasteiger partial charge in [0.1, 0.15) is 11.5 Å². The summed E-state index contributed by atoms with van der Waals surface area (Å²) in [6.45, 7) is 0. The van der Waals surface area contributed by atoms with Crippen LogP contribution in [0.3, 0.4) is 0 Å². The number of aromatic hydroxyl groups is 2. The van der Waals surface area contributed by atoms with Crippen LogP contribution in [0.5, 0.6) is 11.5 Å². The second kappa shape index (κ2) is 10.0. The quantitative estimate of drug-likeness (QED) is 0.137. The van der Waals surface area contributed by atoms with E-state index in [4.69, 9.17) is 0 Å². The summed E-state index contributed by atoms with van der Waals surface area (Å²) in [6.07, 6.45) is 0. The maximum atomic E-state index is 13.0. The molecule has 0 aromatic heterocycles. The zero-order valence-corrected chi connectivity index (χ0v) is 23.4. The minimum absolute atomic E-state index is 0.387. The normalized spacial score (nSPS) is 12.9. The van der Waals surface area contributed by atoms with Gasteiger partial charge in [0.05, 0.1) is 31.0 Å². The van der Waals surface area contributed by atoms with Crippen molar-refractivity contribution in [3.8, 4) is 11.5 Å². The van der Waals surface area contributed by atoms with Gasteiger partial charge in [-0.15, -0.1) is 0 Å². The summed E-state index contributed by atoms with van der Waals surface area (Å²) in [7, 11) is -19.8. The number of carbonyl (C=O) groups is 1. The lowest BCUT2D eigenvalue weighted by Crippen LogP contribution is -2.20. The predicted octanol–water partition coefficient (Wildman–Crippen LogP) is 2.03. The first-order chi connectivity index (χ1) is 19.1. The number of nitrogens with one attached hydrogen (secondary N) is 2. The summed E-state index contributed by atoms with van der Waals surface area (Å²) in [5.74, 6) is -1.77. The van der Waals surface area contributed by atoms with E-state index in [1.807, 2.05) is 0 Å². The van der Waals surface area contributed by atoms with E-state index < -0.39 is 99.7 Å². The fraction of sp³-hybridized carbons (Fsp3) is 0. The van der Waals surface area contributed by atoms with Crippen LogP contribution in [-0.4, -0.2) is 68.1 Å². The lowest BCUT2D eigenvalue weighted by Gasteiger charge is -2.16. The summed E-state index contributed by atoms with van der Waals surface area (Å²) in [4.78, 5) is 9.45. The molecule has 0 aliphatic heterocycles. The molecule has 0 aliphatic carbocycles. The SMILES string of the molecule is O=C(Nc1cc(S(=O)(=O)O)cc2cc(S(=O)(=O)O)cc(O)c12)Nc1cc(S(=O)(=O)O)cc2cc(S(=O)(=O)O)cc(O)c12. The maximum Gasteiger partial charge on any atom is 0.323 e. The highest BCUT2D eigenvalue weighted by Crippen LogP contribution is 2.39. The van der Waals surface area contributed by atoms with Crippen molar-refractivity contribution >= 4 is 79.4 Å². The zero-order chi connectivity index (χ0) is 31.6. The van der Waals surface area contributed by atoms with Gasteiger partial charge in [0.2, 0.25) is 0 Å². The van der Waals surface area contributed by atoms with E-state index in [1.54, 1.807) is 0 Å². The number of fused-ring (bicyclic) bond motifs is 2. The van der Waals surface area contributed by atoms with Gasteiger partial charge in [-0.1, -0.05) is 0 Å². The van der Waals surface area contributed by atoms with Gasteiger partial charge in [-0.05, 0) is 47.2 Å². The van der Waals surface area contributed by atoms with E-state index in [9.17, 15) is 66.9 Å². The Labute approximate surface area is 236 Å². The van der Waals surface area contributed by atoms with Gasteiger partial charge in [-0.25, -0.2) is 4.79 Å². The molecule has 4 aromatic carbocycles. The molecule has 0 saturated carbocycles. The van der Waals surface area contributed by atoms with Crippen molar-refractivity contribution in [2.45, 2.75) is 19.6 Å². The molecular formula is C21H16N2O15S4. The van der Waals surface area contributed by atoms with Gasteiger partial charge in [0, 0.05) is 22.9 Å². The number of carbonyl (C=O) groups excluding carboxylic acids is 1. The molecule has 224 valence electrons. The summed E-state index contributed by atoms with van der Waals surface area (Å²) in [6, 6.07) is 4.00. The highest BCUT2D eigenvalue weighted by molar-refractivity contribution is 7.86. The topological polar surface area (TPSA) is 299 Å². The molecule has 0 saturated heterocycles. The average Bonchev–Trinajstić information content (AvgIpc) is 2.80. The third-order valence-electron chi connectivity index (χ3n) is 5.64. The van der Waals surface area contributed by atoms with Crippen LogP contribution >= 0.6 is 0 Å². The van der Waals surface area contributed by atoms with Crippen LogP contribution in [0.1, 0.15) is 0 Å². The third-order valence-corrected chi connectivity index (χ3v) is 8.96. The molecule has 42 heavy (non-hydrogen) atoms. The van der Waals surface area contributed by atoms with Crippen LogP contribution in [0.4, 0.5) is 16.2 Å². The number of urea groups is 1. The van der Waals surface area contributed by atoms with Crippen LogP contribution in [0.25, 0.3) is 21.5 Å². The fourth-order valence-corrected chi connectivity index (χ4v) is 6.10. The average molecular weight is 665 g/mol. The van der Waals surface area contributed by atoms with Crippen molar-refractivity contribution in [1.82, 2.24) is 0 Å². The molecule has 0 heterocycles. The van der Waals surface area contributed by atoms with Gasteiger partial charge in [-0.3, -0.25) is 18.2 Å². The molecule has 4 rings (SSSR count). The Morgan fingerprint density at radius 3 is 1.00 bits per heavy atom. The Bertz CT molecular complexity index is 2110. The van der Waals surface area contributed by atoms with Crippen molar-refractivity contribution in [3.05, 3.63) is 48.5 Å². The molecule has 0 unspecified atom stereocenters. The molecule has 0 radical (unpaired) electrons. The monoisotopic (exact) mass is 664 g/mol. The molecule has 0 bridgehead atoms. The second-order valence-electron chi connectivity index (χ2n) is 8.50. The highest BCUT2D eigenvalue weighted by atomic mass is 32.2. The summed E-state index contributed by atoms with van der Waals surface area (Å²) in [5, 5.41) is 23.5. The van der Waals surface area contributed by atoms with Gasteiger partial charge >= 0.3 is 6.03 Å². The van der Waals surface area contributed by atoms with Crippen LogP contribution in [-0.2, 0) is 40.5 Å². The van der Waals surface area contributed by atoms with E-state index in [2.05, 4.69) is 10.6 Å². The minimum atomic E-state index is -5.01. The molecule has 0 atom stereocenters. The molecular weight excluding hydrogens is 648 g/mol. The Hall–Kier alpha value is -4.09. The molecule has 8 N–H and O–H groups in total. The van der Waals surface area contributed by atoms with Gasteiger partial charge in [-0.2, -0.15) is 33.7 Å². The zero-order valence-electron chi connectivity index (χ0n) is 20.1. The Kier molecular flexibility index (Phi) is 7.36. The number of phenols is 2. The number of rotatable bonds is 6. The van der Waals surface area contributed by atoms with Crippen molar-refractivity contribution in [2.75, 3.05) is 10.6 Å². The largest absolute Gasteiger partial charge is 0.507 e. The molecule has 17 nitrogen and oxygen atoms in total. The second-order valence-corrected chi connectivity index (χ2v) is 14.2. The number of hydrogen-bond donors (Lipinski definition) is 8. The first kappa shape index (κ1) is 30.9. The van der Waals surface area contributed by atoms with E-state index in [0.717, 1.165) is 24.3 Å². The van der Waals surface area contributed by atoms with Crippen LogP contribution in [0.2, 0.25) is 0 Å². The number of amides is 2. The first-order valence-corrected chi connectivity index (χ1v) is 16.4. The summed E-state index contributed by atoms with van der Waals surface area (Å²) in [5.41, 5.74) is -1.13. The van der Waals surface area contributed by atoms with Crippen molar-refractivity contribution in [2.24, 2.45) is 0 Å². The highest BCUT2D eigenvalue weighted by Gasteiger charge is 2.23. The number of hydrogen-bond acceptors (Lipinski definition) is 11. The molecule has 4 aromatic rings. The fourth-order valence-electron chi connectivity index (χ4n) is 3.95. The van der Waals surface area contributed by atoms with Crippen molar-refractivity contribution in [3.63, 3.8) is 0 Å². The van der Waals surface area contributed by atoms with Gasteiger partial charge in [0.25, 0.3) is 40.5 Å². The number of phenolic OH excluding ortho intramolecular Hbond substituents is 2. The molecule has 0 fully saturated rings. The van der Waals surface area contributed by atoms with E-state index in [0.29, 0.717) is 24.3 Å². The van der Waals surface area contributed by atoms with E-state index >= 15 is 0 Å². The maximum absolute atomic E-state index is 13.0. The van der Waals surface area contributed by atoms with Gasteiger partial charge < -0.3 is 20.8 Å². The minimum Gasteiger partial charge on any atom is -0.507 e. The third kappa shape index (κ3) is 6.22. The smallest absolute Gasteiger partial charge is 0.323 e. The standard InChI is InChI=1S/C21H16N2O15S4/c24-17-7-13(41(33,34)35)3-9-1-11(39(27,28)29)5-15(19(9)17)22-21(26)23-16-6-12(40(30,31)32)2-10-4-14(42(36,37)38)8-18(25)20(10)16/h1-8,24-25H,(H2,22,23,26)(H,27,28,29)(H,30,31,32)(H,33,34,35)(H,36,37,38). The molecule has 0 aliphatic rings. The Balaban J connectivity index is 1.89. The summed E-state index contributed by atoms with van der Waals surface area (Å²) < 4.78 is 131. The lowest BCUT2D eigenvalue weighted by atomic mass is 10.1. The van der Waals surface area contributed by atoms with Crippen LogP contribution in [0.15, 0.2) is 68.1 Å². The lowest BCUT2D eigenvalue weighted by molar-refractivity contribution is 0.262. The predicted molar refractivity (Wildman–Crippen MR) is 143 cm³/mol. The Morgan fingerprint density at radius 2 is 0.738 bits per heavy atom. The first-order valence-electron chi connectivity index (χ1n) is 10.7. The summed E-state index contributed by atoms with van der Waals surface area (Å²) >= 11 is 0. The van der Waals surface area contributed by atoms with E-state index in [-0.39, 0.29) is 10.8 Å². The van der Waals surface area contributed by atoms with Crippen molar-refractivity contribution in [1.29, 1.82) is 0 Å². The molecule has 21 heteroatoms. The molecule has 2 amide bonds. The number of benzene rings is 4. The molecule has 0 spiro atoms. The van der Waals surface area contributed by atoms with Gasteiger partial charge in [0.15, 0.2) is 0 Å².